The van der Waals surface area contributed by atoms with Crippen LogP contribution in [0.2, 0.25) is 5.02 Å². The van der Waals surface area contributed by atoms with Crippen LogP contribution in [0.4, 0.5) is 5.69 Å². The van der Waals surface area contributed by atoms with E-state index >= 15 is 0 Å². The average molecular weight is 454 g/mol. The van der Waals surface area contributed by atoms with Gasteiger partial charge < -0.3 is 0 Å². The molecule has 3 rings (SSSR count). The molecule has 0 fully saturated rings. The van der Waals surface area contributed by atoms with Gasteiger partial charge in [-0.3, -0.25) is 4.79 Å². The minimum absolute atomic E-state index is 0.0540. The van der Waals surface area contributed by atoms with Crippen molar-refractivity contribution in [3.8, 4) is 0 Å². The molecule has 0 aliphatic heterocycles. The van der Waals surface area contributed by atoms with E-state index in [0.29, 0.717) is 10.7 Å². The second kappa shape index (κ2) is 10.4. The Morgan fingerprint density at radius 1 is 0.935 bits per heavy atom. The SMILES string of the molecule is CCCCc1ccc(N(C(=O)/C=C/c2ccc(Cl)cc2)S(=O)(=O)c2ccccc2)cc1. The summed E-state index contributed by atoms with van der Waals surface area (Å²) in [7, 11) is -4.08. The number of halogens is 1. The number of unbranched alkanes of at least 4 members (excludes halogenated alkanes) is 1. The molecule has 0 bridgehead atoms. The Kier molecular flexibility index (Phi) is 7.66. The molecule has 4 nitrogen and oxygen atoms in total. The molecule has 0 saturated carbocycles. The summed E-state index contributed by atoms with van der Waals surface area (Å²) in [6.07, 6.45) is 5.86. The van der Waals surface area contributed by atoms with Crippen molar-refractivity contribution in [1.82, 2.24) is 0 Å². The van der Waals surface area contributed by atoms with Crippen molar-refractivity contribution in [3.63, 3.8) is 0 Å². The molecule has 0 saturated heterocycles. The van der Waals surface area contributed by atoms with Crippen molar-refractivity contribution >= 4 is 39.3 Å². The molecule has 1 amide bonds. The Bertz CT molecular complexity index is 1140. The van der Waals surface area contributed by atoms with E-state index in [2.05, 4.69) is 6.92 Å². The van der Waals surface area contributed by atoms with Gasteiger partial charge in [0.2, 0.25) is 0 Å². The summed E-state index contributed by atoms with van der Waals surface area (Å²) in [5.41, 5.74) is 2.14. The van der Waals surface area contributed by atoms with Gasteiger partial charge in [-0.15, -0.1) is 0 Å². The zero-order valence-corrected chi connectivity index (χ0v) is 18.8. The summed E-state index contributed by atoms with van der Waals surface area (Å²) >= 11 is 5.90. The number of hydrogen-bond acceptors (Lipinski definition) is 3. The maximum absolute atomic E-state index is 13.3. The number of aryl methyl sites for hydroxylation is 1. The second-order valence-electron chi connectivity index (χ2n) is 7.08. The fourth-order valence-corrected chi connectivity index (χ4v) is 4.61. The fraction of sp³-hybridized carbons (Fsp3) is 0.160. The molecular weight excluding hydrogens is 430 g/mol. The Labute approximate surface area is 188 Å². The number of benzene rings is 3. The van der Waals surface area contributed by atoms with Crippen LogP contribution in [-0.4, -0.2) is 14.3 Å². The summed E-state index contributed by atoms with van der Waals surface area (Å²) in [5.74, 6) is -0.653. The van der Waals surface area contributed by atoms with E-state index in [1.165, 1.54) is 18.2 Å². The molecule has 0 aromatic heterocycles. The molecular formula is C25H24ClNO3S. The first-order valence-electron chi connectivity index (χ1n) is 10.1. The first-order valence-corrected chi connectivity index (χ1v) is 11.9. The Morgan fingerprint density at radius 2 is 1.58 bits per heavy atom. The van der Waals surface area contributed by atoms with Gasteiger partial charge in [-0.1, -0.05) is 67.4 Å². The summed E-state index contributed by atoms with van der Waals surface area (Å²) in [5, 5.41) is 0.583. The van der Waals surface area contributed by atoms with Crippen LogP contribution in [0.3, 0.4) is 0 Å². The molecule has 0 spiro atoms. The molecule has 0 unspecified atom stereocenters. The number of anilines is 1. The summed E-state index contributed by atoms with van der Waals surface area (Å²) in [6.45, 7) is 2.12. The smallest absolute Gasteiger partial charge is 0.268 e. The predicted octanol–water partition coefficient (Wildman–Crippen LogP) is 6.12. The summed E-state index contributed by atoms with van der Waals surface area (Å²) in [4.78, 5) is 13.1. The number of sulfonamides is 1. The lowest BCUT2D eigenvalue weighted by Crippen LogP contribution is -2.35. The minimum Gasteiger partial charge on any atom is -0.268 e. The number of carbonyl (C=O) groups excluding carboxylic acids is 1. The van der Waals surface area contributed by atoms with Crippen molar-refractivity contribution in [2.75, 3.05) is 4.31 Å². The molecule has 0 heterocycles. The summed E-state index contributed by atoms with van der Waals surface area (Å²) in [6, 6.07) is 22.0. The average Bonchev–Trinajstić information content (AvgIpc) is 2.79. The first-order chi connectivity index (χ1) is 14.9. The first kappa shape index (κ1) is 22.8. The number of nitrogens with zero attached hydrogens (tertiary/aromatic N) is 1. The van der Waals surface area contributed by atoms with Gasteiger partial charge in [-0.05, 0) is 66.4 Å². The standard InChI is InChI=1S/C25H24ClNO3S/c1-2-3-7-20-12-17-23(18-13-20)27(31(29,30)24-8-5-4-6-9-24)25(28)19-14-21-10-15-22(26)16-11-21/h4-6,8-19H,2-3,7H2,1H3/b19-14+. The fourth-order valence-electron chi connectivity index (χ4n) is 3.07. The Morgan fingerprint density at radius 3 is 2.19 bits per heavy atom. The zero-order valence-electron chi connectivity index (χ0n) is 17.2. The molecule has 0 atom stereocenters. The molecule has 0 N–H and O–H groups in total. The van der Waals surface area contributed by atoms with E-state index in [1.807, 2.05) is 12.1 Å². The van der Waals surface area contributed by atoms with E-state index in [4.69, 9.17) is 11.6 Å². The van der Waals surface area contributed by atoms with E-state index in [1.54, 1.807) is 60.7 Å². The van der Waals surface area contributed by atoms with Crippen molar-refractivity contribution < 1.29 is 13.2 Å². The quantitative estimate of drug-likeness (QED) is 0.386. The van der Waals surface area contributed by atoms with E-state index < -0.39 is 15.9 Å². The highest BCUT2D eigenvalue weighted by atomic mass is 35.5. The van der Waals surface area contributed by atoms with Gasteiger partial charge in [-0.2, -0.15) is 4.31 Å². The summed E-state index contributed by atoms with van der Waals surface area (Å²) < 4.78 is 27.5. The largest absolute Gasteiger partial charge is 0.271 e. The molecule has 160 valence electrons. The maximum atomic E-state index is 13.3. The predicted molar refractivity (Wildman–Crippen MR) is 127 cm³/mol. The van der Waals surface area contributed by atoms with Crippen LogP contribution in [0.25, 0.3) is 6.08 Å². The number of hydrogen-bond donors (Lipinski definition) is 0. The number of carbonyl (C=O) groups is 1. The van der Waals surface area contributed by atoms with Gasteiger partial charge >= 0.3 is 0 Å². The van der Waals surface area contributed by atoms with Crippen molar-refractivity contribution in [2.45, 2.75) is 31.1 Å². The molecule has 0 radical (unpaired) electrons. The molecule has 3 aromatic carbocycles. The minimum atomic E-state index is -4.08. The molecule has 6 heteroatoms. The monoisotopic (exact) mass is 453 g/mol. The Balaban J connectivity index is 1.97. The highest BCUT2D eigenvalue weighted by Gasteiger charge is 2.29. The third kappa shape index (κ3) is 5.84. The van der Waals surface area contributed by atoms with Gasteiger partial charge in [-0.25, -0.2) is 8.42 Å². The van der Waals surface area contributed by atoms with E-state index in [9.17, 15) is 13.2 Å². The highest BCUT2D eigenvalue weighted by Crippen LogP contribution is 2.25. The molecule has 31 heavy (non-hydrogen) atoms. The highest BCUT2D eigenvalue weighted by molar-refractivity contribution is 7.93. The van der Waals surface area contributed by atoms with E-state index in [-0.39, 0.29) is 4.90 Å². The van der Waals surface area contributed by atoms with Crippen LogP contribution in [-0.2, 0) is 21.2 Å². The Hall–Kier alpha value is -2.89. The van der Waals surface area contributed by atoms with Crippen molar-refractivity contribution in [2.24, 2.45) is 0 Å². The van der Waals surface area contributed by atoms with Crippen LogP contribution in [0.15, 0.2) is 89.8 Å². The third-order valence-corrected chi connectivity index (χ3v) is 6.75. The lowest BCUT2D eigenvalue weighted by molar-refractivity contribution is -0.113. The van der Waals surface area contributed by atoms with Gasteiger partial charge in [0, 0.05) is 11.1 Å². The number of rotatable bonds is 8. The normalized spacial score (nSPS) is 11.5. The van der Waals surface area contributed by atoms with Crippen LogP contribution in [0, 0.1) is 0 Å². The van der Waals surface area contributed by atoms with E-state index in [0.717, 1.165) is 34.7 Å². The number of amides is 1. The topological polar surface area (TPSA) is 54.5 Å². The second-order valence-corrected chi connectivity index (χ2v) is 9.30. The molecule has 0 aliphatic rings. The van der Waals surface area contributed by atoms with Gasteiger partial charge in [0.25, 0.3) is 15.9 Å². The van der Waals surface area contributed by atoms with Gasteiger partial charge in [0.1, 0.15) is 0 Å². The third-order valence-electron chi connectivity index (χ3n) is 4.76. The molecule has 0 aliphatic carbocycles. The lowest BCUT2D eigenvalue weighted by atomic mass is 10.1. The van der Waals surface area contributed by atoms with Crippen molar-refractivity contribution in [3.05, 3.63) is 101 Å². The molecule has 3 aromatic rings. The van der Waals surface area contributed by atoms with Crippen LogP contribution in [0.5, 0.6) is 0 Å². The van der Waals surface area contributed by atoms with Gasteiger partial charge in [0.05, 0.1) is 10.6 Å². The van der Waals surface area contributed by atoms with Crippen LogP contribution < -0.4 is 4.31 Å². The zero-order chi connectivity index (χ0) is 22.3. The van der Waals surface area contributed by atoms with Crippen LogP contribution in [0.1, 0.15) is 30.9 Å². The lowest BCUT2D eigenvalue weighted by Gasteiger charge is -2.21. The van der Waals surface area contributed by atoms with Gasteiger partial charge in [0.15, 0.2) is 0 Å². The van der Waals surface area contributed by atoms with Crippen LogP contribution >= 0.6 is 11.6 Å². The van der Waals surface area contributed by atoms with Crippen molar-refractivity contribution in [1.29, 1.82) is 0 Å². The maximum Gasteiger partial charge on any atom is 0.271 e.